The monoisotopic (exact) mass is 444 g/mol. The lowest BCUT2D eigenvalue weighted by molar-refractivity contribution is -0.385. The van der Waals surface area contributed by atoms with E-state index in [0.29, 0.717) is 17.8 Å². The SMILES string of the molecule is Cc1ccc(Sc2ccc([N+](=O)[O-])cc2CNc2cc(Cl)c(O)c(C(C)O)c2)cc1. The Morgan fingerprint density at radius 2 is 1.87 bits per heavy atom. The molecule has 6 nitrogen and oxygen atoms in total. The third-order valence-electron chi connectivity index (χ3n) is 4.53. The van der Waals surface area contributed by atoms with Gasteiger partial charge in [-0.25, -0.2) is 0 Å². The number of phenolic OH excluding ortho intramolecular Hbond substituents is 1. The van der Waals surface area contributed by atoms with Crippen molar-refractivity contribution in [3.8, 4) is 5.75 Å². The predicted octanol–water partition coefficient (Wildman–Crippen LogP) is 6.08. The number of aliphatic hydroxyl groups is 1. The maximum Gasteiger partial charge on any atom is 0.269 e. The van der Waals surface area contributed by atoms with Gasteiger partial charge in [0.2, 0.25) is 0 Å². The van der Waals surface area contributed by atoms with E-state index >= 15 is 0 Å². The Labute approximate surface area is 183 Å². The molecule has 3 rings (SSSR count). The zero-order valence-corrected chi connectivity index (χ0v) is 18.0. The van der Waals surface area contributed by atoms with Crippen LogP contribution in [-0.4, -0.2) is 15.1 Å². The Morgan fingerprint density at radius 3 is 2.50 bits per heavy atom. The molecule has 0 aliphatic carbocycles. The van der Waals surface area contributed by atoms with Gasteiger partial charge in [0, 0.05) is 39.7 Å². The van der Waals surface area contributed by atoms with Crippen molar-refractivity contribution in [1.29, 1.82) is 0 Å². The molecule has 0 aromatic heterocycles. The first-order chi connectivity index (χ1) is 14.2. The number of hydrogen-bond donors (Lipinski definition) is 3. The summed E-state index contributed by atoms with van der Waals surface area (Å²) in [6.45, 7) is 3.85. The van der Waals surface area contributed by atoms with Crippen LogP contribution in [0.1, 0.15) is 29.7 Å². The van der Waals surface area contributed by atoms with Gasteiger partial charge in [-0.1, -0.05) is 41.1 Å². The summed E-state index contributed by atoms with van der Waals surface area (Å²) >= 11 is 7.59. The maximum absolute atomic E-state index is 11.2. The number of halogens is 1. The van der Waals surface area contributed by atoms with E-state index < -0.39 is 11.0 Å². The summed E-state index contributed by atoms with van der Waals surface area (Å²) in [4.78, 5) is 12.7. The van der Waals surface area contributed by atoms with Crippen LogP contribution in [-0.2, 0) is 6.54 Å². The van der Waals surface area contributed by atoms with Gasteiger partial charge in [0.1, 0.15) is 5.75 Å². The number of nitro groups is 1. The van der Waals surface area contributed by atoms with Crippen molar-refractivity contribution in [2.24, 2.45) is 0 Å². The van der Waals surface area contributed by atoms with Crippen molar-refractivity contribution in [1.82, 2.24) is 0 Å². The highest BCUT2D eigenvalue weighted by Gasteiger charge is 2.15. The highest BCUT2D eigenvalue weighted by atomic mass is 35.5. The summed E-state index contributed by atoms with van der Waals surface area (Å²) in [6, 6.07) is 16.0. The number of anilines is 1. The Hall–Kier alpha value is -2.74. The summed E-state index contributed by atoms with van der Waals surface area (Å²) in [5, 5.41) is 34.4. The van der Waals surface area contributed by atoms with Gasteiger partial charge in [-0.2, -0.15) is 0 Å². The second-order valence-electron chi connectivity index (χ2n) is 6.89. The standard InChI is InChI=1S/C22H21ClN2O4S/c1-13-3-6-18(7-4-13)30-21-8-5-17(25(28)29)9-15(21)12-24-16-10-19(14(2)26)22(27)20(23)11-16/h3-11,14,24,26-27H,12H2,1-2H3. The fraction of sp³-hybridized carbons (Fsp3) is 0.182. The quantitative estimate of drug-likeness (QED) is 0.232. The summed E-state index contributed by atoms with van der Waals surface area (Å²) in [6.07, 6.45) is -0.894. The molecule has 0 heterocycles. The predicted molar refractivity (Wildman–Crippen MR) is 119 cm³/mol. The Morgan fingerprint density at radius 1 is 1.17 bits per heavy atom. The minimum Gasteiger partial charge on any atom is -0.506 e. The van der Waals surface area contributed by atoms with Gasteiger partial charge in [-0.3, -0.25) is 10.1 Å². The molecule has 1 atom stereocenters. The largest absolute Gasteiger partial charge is 0.506 e. The number of phenols is 1. The molecule has 30 heavy (non-hydrogen) atoms. The van der Waals surface area contributed by atoms with Crippen LogP contribution in [0, 0.1) is 17.0 Å². The van der Waals surface area contributed by atoms with E-state index in [1.165, 1.54) is 24.8 Å². The molecule has 0 radical (unpaired) electrons. The number of nitro benzene ring substituents is 1. The third kappa shape index (κ3) is 5.24. The second kappa shape index (κ2) is 9.38. The molecule has 0 spiro atoms. The van der Waals surface area contributed by atoms with E-state index in [4.69, 9.17) is 11.6 Å². The van der Waals surface area contributed by atoms with Gasteiger partial charge in [-0.15, -0.1) is 0 Å². The molecule has 0 aliphatic heterocycles. The highest BCUT2D eigenvalue weighted by molar-refractivity contribution is 7.99. The molecule has 156 valence electrons. The van der Waals surface area contributed by atoms with Gasteiger partial charge in [0.15, 0.2) is 0 Å². The molecule has 0 amide bonds. The van der Waals surface area contributed by atoms with Crippen LogP contribution in [0.2, 0.25) is 5.02 Å². The number of aromatic hydroxyl groups is 1. The van der Waals surface area contributed by atoms with Crippen LogP contribution in [0.3, 0.4) is 0 Å². The number of non-ortho nitro benzene ring substituents is 1. The minimum atomic E-state index is -0.894. The second-order valence-corrected chi connectivity index (χ2v) is 8.41. The highest BCUT2D eigenvalue weighted by Crippen LogP contribution is 2.36. The molecule has 0 saturated carbocycles. The first-order valence-corrected chi connectivity index (χ1v) is 10.4. The summed E-state index contributed by atoms with van der Waals surface area (Å²) in [5.74, 6) is -0.164. The van der Waals surface area contributed by atoms with Crippen LogP contribution in [0.25, 0.3) is 0 Å². The average Bonchev–Trinajstić information content (AvgIpc) is 2.70. The van der Waals surface area contributed by atoms with Crippen molar-refractivity contribution < 1.29 is 15.1 Å². The Balaban J connectivity index is 1.89. The van der Waals surface area contributed by atoms with Gasteiger partial charge in [-0.05, 0) is 49.7 Å². The number of benzene rings is 3. The van der Waals surface area contributed by atoms with E-state index in [1.807, 2.05) is 31.2 Å². The molecule has 0 saturated heterocycles. The lowest BCUT2D eigenvalue weighted by atomic mass is 10.1. The van der Waals surface area contributed by atoms with Crippen LogP contribution in [0.15, 0.2) is 64.4 Å². The number of hydrogen-bond acceptors (Lipinski definition) is 6. The zero-order valence-electron chi connectivity index (χ0n) is 16.4. The van der Waals surface area contributed by atoms with Gasteiger partial charge in [0.25, 0.3) is 5.69 Å². The van der Waals surface area contributed by atoms with Crippen molar-refractivity contribution in [2.45, 2.75) is 36.3 Å². The van der Waals surface area contributed by atoms with Crippen molar-refractivity contribution in [2.75, 3.05) is 5.32 Å². The summed E-state index contributed by atoms with van der Waals surface area (Å²) < 4.78 is 0. The topological polar surface area (TPSA) is 95.6 Å². The lowest BCUT2D eigenvalue weighted by Crippen LogP contribution is -2.03. The van der Waals surface area contributed by atoms with Gasteiger partial charge >= 0.3 is 0 Å². The van der Waals surface area contributed by atoms with E-state index in [0.717, 1.165) is 20.9 Å². The van der Waals surface area contributed by atoms with Crippen LogP contribution in [0.4, 0.5) is 11.4 Å². The average molecular weight is 445 g/mol. The Bertz CT molecular complexity index is 1070. The number of aryl methyl sites for hydroxylation is 1. The van der Waals surface area contributed by atoms with E-state index in [2.05, 4.69) is 5.32 Å². The van der Waals surface area contributed by atoms with E-state index in [9.17, 15) is 20.3 Å². The van der Waals surface area contributed by atoms with E-state index in [-0.39, 0.29) is 16.5 Å². The fourth-order valence-corrected chi connectivity index (χ4v) is 4.04. The van der Waals surface area contributed by atoms with Crippen LogP contribution >= 0.6 is 23.4 Å². The molecule has 0 bridgehead atoms. The molecule has 8 heteroatoms. The zero-order chi connectivity index (χ0) is 21.8. The third-order valence-corrected chi connectivity index (χ3v) is 5.94. The molecule has 0 aliphatic rings. The Kier molecular flexibility index (Phi) is 6.87. The lowest BCUT2D eigenvalue weighted by Gasteiger charge is -2.15. The van der Waals surface area contributed by atoms with Crippen molar-refractivity contribution >= 4 is 34.7 Å². The van der Waals surface area contributed by atoms with Gasteiger partial charge in [0.05, 0.1) is 16.0 Å². The smallest absolute Gasteiger partial charge is 0.269 e. The molecule has 3 N–H and O–H groups in total. The van der Waals surface area contributed by atoms with Crippen molar-refractivity contribution in [3.05, 3.63) is 86.4 Å². The molecular weight excluding hydrogens is 424 g/mol. The number of aliphatic hydroxyl groups excluding tert-OH is 1. The normalized spacial score (nSPS) is 11.9. The number of rotatable bonds is 7. The molecule has 3 aromatic carbocycles. The first-order valence-electron chi connectivity index (χ1n) is 9.21. The molecule has 0 fully saturated rings. The number of nitrogens with zero attached hydrogens (tertiary/aromatic N) is 1. The molecule has 3 aromatic rings. The molecule has 1 unspecified atom stereocenters. The van der Waals surface area contributed by atoms with Crippen LogP contribution in [0.5, 0.6) is 5.75 Å². The number of nitrogens with one attached hydrogen (secondary N) is 1. The summed E-state index contributed by atoms with van der Waals surface area (Å²) in [5.41, 5.74) is 2.80. The van der Waals surface area contributed by atoms with Gasteiger partial charge < -0.3 is 15.5 Å². The van der Waals surface area contributed by atoms with E-state index in [1.54, 1.807) is 24.3 Å². The fourth-order valence-electron chi connectivity index (χ4n) is 2.89. The molecular formula is C22H21ClN2O4S. The maximum atomic E-state index is 11.2. The van der Waals surface area contributed by atoms with Crippen LogP contribution < -0.4 is 5.32 Å². The first kappa shape index (κ1) is 22.0. The minimum absolute atomic E-state index is 0.00784. The van der Waals surface area contributed by atoms with Crippen molar-refractivity contribution in [3.63, 3.8) is 0 Å². The summed E-state index contributed by atoms with van der Waals surface area (Å²) in [7, 11) is 0.